The minimum atomic E-state index is -1.22. The summed E-state index contributed by atoms with van der Waals surface area (Å²) in [6.07, 6.45) is 2.80. The smallest absolute Gasteiger partial charge is 0.123 e. The zero-order chi connectivity index (χ0) is 11.5. The molecule has 1 atom stereocenters. The summed E-state index contributed by atoms with van der Waals surface area (Å²) in [6.45, 7) is 0. The first-order valence-corrected chi connectivity index (χ1v) is 5.97. The van der Waals surface area contributed by atoms with Crippen molar-refractivity contribution in [3.05, 3.63) is 54.1 Å². The van der Waals surface area contributed by atoms with E-state index in [9.17, 15) is 8.60 Å². The maximum absolute atomic E-state index is 12.6. The van der Waals surface area contributed by atoms with E-state index in [4.69, 9.17) is 5.21 Å². The number of hydrogen-bond donors (Lipinski definition) is 1. The van der Waals surface area contributed by atoms with Crippen LogP contribution in [-0.4, -0.2) is 14.1 Å². The molecule has 0 radical (unpaired) electrons. The second-order valence-electron chi connectivity index (χ2n) is 3.34. The lowest BCUT2D eigenvalue weighted by Gasteiger charge is -2.00. The van der Waals surface area contributed by atoms with Crippen LogP contribution in [0.3, 0.4) is 0 Å². The fraction of sp³-hybridized carbons (Fsp3) is 0.0909. The highest BCUT2D eigenvalue weighted by atomic mass is 32.2. The molecule has 1 heterocycles. The molecule has 0 aliphatic heterocycles. The summed E-state index contributed by atoms with van der Waals surface area (Å²) >= 11 is 0. The molecular weight excluding hydrogens is 229 g/mol. The molecule has 1 unspecified atom stereocenters. The average Bonchev–Trinajstić information content (AvgIpc) is 2.68. The van der Waals surface area contributed by atoms with Crippen LogP contribution in [0.25, 0.3) is 0 Å². The lowest BCUT2D eigenvalue weighted by atomic mass is 10.2. The van der Waals surface area contributed by atoms with E-state index in [1.165, 1.54) is 24.5 Å². The first kappa shape index (κ1) is 10.9. The van der Waals surface area contributed by atoms with Gasteiger partial charge in [-0.15, -0.1) is 0 Å². The summed E-state index contributed by atoms with van der Waals surface area (Å²) in [6, 6.07) is 7.46. The quantitative estimate of drug-likeness (QED) is 0.834. The maximum Gasteiger partial charge on any atom is 0.123 e. The Hall–Kier alpha value is -1.62. The van der Waals surface area contributed by atoms with Gasteiger partial charge in [-0.3, -0.25) is 4.21 Å². The summed E-state index contributed by atoms with van der Waals surface area (Å²) in [4.78, 5) is 0.548. The van der Waals surface area contributed by atoms with E-state index in [1.54, 1.807) is 18.2 Å². The molecule has 2 aromatic rings. The summed E-state index contributed by atoms with van der Waals surface area (Å²) in [5.41, 5.74) is 0.797. The Morgan fingerprint density at radius 3 is 2.50 bits per heavy atom. The highest BCUT2D eigenvalue weighted by Gasteiger charge is 2.06. The Morgan fingerprint density at radius 1 is 1.25 bits per heavy atom. The van der Waals surface area contributed by atoms with Crippen LogP contribution in [0.4, 0.5) is 4.39 Å². The Balaban J connectivity index is 2.10. The molecule has 84 valence electrons. The van der Waals surface area contributed by atoms with E-state index in [0.29, 0.717) is 10.6 Å². The molecule has 0 saturated heterocycles. The highest BCUT2D eigenvalue weighted by molar-refractivity contribution is 7.84. The third-order valence-electron chi connectivity index (χ3n) is 2.12. The number of aromatic nitrogens is 1. The zero-order valence-corrected chi connectivity index (χ0v) is 9.15. The number of halogens is 1. The molecule has 5 heteroatoms. The van der Waals surface area contributed by atoms with Crippen LogP contribution >= 0.6 is 0 Å². The van der Waals surface area contributed by atoms with Crippen molar-refractivity contribution < 1.29 is 13.8 Å². The van der Waals surface area contributed by atoms with Crippen LogP contribution in [0, 0.1) is 5.82 Å². The average molecular weight is 239 g/mol. The van der Waals surface area contributed by atoms with Gasteiger partial charge in [0.25, 0.3) is 0 Å². The molecule has 0 aliphatic rings. The highest BCUT2D eigenvalue weighted by Crippen LogP contribution is 2.12. The predicted molar refractivity (Wildman–Crippen MR) is 58.1 cm³/mol. The van der Waals surface area contributed by atoms with Crippen LogP contribution in [-0.2, 0) is 16.6 Å². The van der Waals surface area contributed by atoms with Gasteiger partial charge in [0, 0.05) is 6.20 Å². The lowest BCUT2D eigenvalue weighted by molar-refractivity contribution is 0.186. The Labute approximate surface area is 94.6 Å². The van der Waals surface area contributed by atoms with Crippen LogP contribution in [0.1, 0.15) is 5.56 Å². The van der Waals surface area contributed by atoms with E-state index in [0.717, 1.165) is 10.3 Å². The number of benzene rings is 1. The number of nitrogens with zero attached hydrogens (tertiary/aromatic N) is 1. The van der Waals surface area contributed by atoms with Crippen molar-refractivity contribution in [3.8, 4) is 0 Å². The van der Waals surface area contributed by atoms with Crippen molar-refractivity contribution in [2.75, 3.05) is 0 Å². The van der Waals surface area contributed by atoms with Gasteiger partial charge in [0.15, 0.2) is 0 Å². The van der Waals surface area contributed by atoms with Crippen LogP contribution in [0.2, 0.25) is 0 Å². The van der Waals surface area contributed by atoms with E-state index in [1.807, 2.05) is 0 Å². The fourth-order valence-corrected chi connectivity index (χ4v) is 2.42. The normalized spacial score (nSPS) is 12.6. The van der Waals surface area contributed by atoms with Gasteiger partial charge < -0.3 is 5.21 Å². The van der Waals surface area contributed by atoms with Crippen LogP contribution in [0.15, 0.2) is 47.6 Å². The molecule has 1 aromatic carbocycles. The maximum atomic E-state index is 12.6. The first-order valence-electron chi connectivity index (χ1n) is 4.65. The predicted octanol–water partition coefficient (Wildman–Crippen LogP) is 2.17. The molecule has 16 heavy (non-hydrogen) atoms. The molecule has 2 rings (SSSR count). The molecule has 3 nitrogen and oxygen atoms in total. The largest absolute Gasteiger partial charge is 0.429 e. The van der Waals surface area contributed by atoms with Crippen LogP contribution < -0.4 is 0 Å². The van der Waals surface area contributed by atoms with Gasteiger partial charge in [0.2, 0.25) is 0 Å². The Morgan fingerprint density at radius 2 is 1.94 bits per heavy atom. The summed E-state index contributed by atoms with van der Waals surface area (Å²) in [5, 5.41) is 9.04. The van der Waals surface area contributed by atoms with E-state index >= 15 is 0 Å². The van der Waals surface area contributed by atoms with E-state index in [-0.39, 0.29) is 5.82 Å². The topological polar surface area (TPSA) is 42.2 Å². The molecule has 0 bridgehead atoms. The van der Waals surface area contributed by atoms with Crippen molar-refractivity contribution in [1.29, 1.82) is 0 Å². The van der Waals surface area contributed by atoms with Gasteiger partial charge in [0.05, 0.1) is 27.6 Å². The second kappa shape index (κ2) is 4.49. The van der Waals surface area contributed by atoms with Gasteiger partial charge in [0.1, 0.15) is 5.82 Å². The van der Waals surface area contributed by atoms with Gasteiger partial charge in [-0.1, -0.05) is 12.1 Å². The molecule has 0 spiro atoms. The monoisotopic (exact) mass is 239 g/mol. The minimum absolute atomic E-state index is 0.309. The SMILES string of the molecule is O=S(Cc1ccc(F)cc1)c1ccn(O)c1. The van der Waals surface area contributed by atoms with Gasteiger partial charge in [-0.2, -0.15) is 0 Å². The van der Waals surface area contributed by atoms with Gasteiger partial charge in [-0.25, -0.2) is 9.12 Å². The molecule has 0 amide bonds. The third-order valence-corrected chi connectivity index (χ3v) is 3.49. The van der Waals surface area contributed by atoms with Crippen molar-refractivity contribution in [2.45, 2.75) is 10.6 Å². The molecule has 0 saturated carbocycles. The van der Waals surface area contributed by atoms with Gasteiger partial charge in [-0.05, 0) is 23.8 Å². The van der Waals surface area contributed by atoms with Crippen molar-refractivity contribution in [2.24, 2.45) is 0 Å². The lowest BCUT2D eigenvalue weighted by Crippen LogP contribution is -1.95. The molecule has 1 aromatic heterocycles. The second-order valence-corrected chi connectivity index (χ2v) is 4.79. The Kier molecular flexibility index (Phi) is 3.05. The fourth-order valence-electron chi connectivity index (χ4n) is 1.32. The standard InChI is InChI=1S/C11H10FNO2S/c12-10-3-1-9(2-4-10)8-16(15)11-5-6-13(14)7-11/h1-7,14H,8H2. The Bertz CT molecular complexity index is 507. The van der Waals surface area contributed by atoms with Crippen LogP contribution in [0.5, 0.6) is 0 Å². The third kappa shape index (κ3) is 2.49. The summed E-state index contributed by atoms with van der Waals surface area (Å²) in [5.74, 6) is 0.000596. The van der Waals surface area contributed by atoms with E-state index < -0.39 is 10.8 Å². The summed E-state index contributed by atoms with van der Waals surface area (Å²) < 4.78 is 25.3. The number of rotatable bonds is 3. The van der Waals surface area contributed by atoms with Crippen molar-refractivity contribution >= 4 is 10.8 Å². The van der Waals surface area contributed by atoms with Crippen molar-refractivity contribution in [3.63, 3.8) is 0 Å². The molecule has 1 N–H and O–H groups in total. The molecular formula is C11H10FNO2S. The van der Waals surface area contributed by atoms with Crippen molar-refractivity contribution in [1.82, 2.24) is 4.73 Å². The molecule has 0 aliphatic carbocycles. The first-order chi connectivity index (χ1) is 7.65. The van der Waals surface area contributed by atoms with E-state index in [2.05, 4.69) is 0 Å². The zero-order valence-electron chi connectivity index (χ0n) is 8.34. The summed E-state index contributed by atoms with van der Waals surface area (Å²) in [7, 11) is -1.22. The van der Waals surface area contributed by atoms with Gasteiger partial charge >= 0.3 is 0 Å². The molecule has 0 fully saturated rings. The minimum Gasteiger partial charge on any atom is -0.429 e. The number of hydrogen-bond acceptors (Lipinski definition) is 2.